The maximum absolute atomic E-state index is 11.8. The molecule has 782 valence electrons. The van der Waals surface area contributed by atoms with Crippen molar-refractivity contribution in [1.29, 1.82) is 21.0 Å². The van der Waals surface area contributed by atoms with E-state index >= 15 is 0 Å². The highest BCUT2D eigenvalue weighted by Crippen LogP contribution is 2.36. The average molecular weight is 2140 g/mol. The molecule has 14 aromatic rings. The number of carbonyl (C=O) groups is 5. The highest BCUT2D eigenvalue weighted by atomic mass is 35.7. The first-order chi connectivity index (χ1) is 69.7. The molecule has 43 nitrogen and oxygen atoms in total. The zero-order chi connectivity index (χ0) is 109. The third-order valence-electron chi connectivity index (χ3n) is 19.2. The summed E-state index contributed by atoms with van der Waals surface area (Å²) in [6.07, 6.45) is 16.2. The van der Waals surface area contributed by atoms with E-state index in [0.29, 0.717) is 115 Å². The van der Waals surface area contributed by atoms with Gasteiger partial charge in [-0.15, -0.1) is 24.8 Å². The van der Waals surface area contributed by atoms with Crippen molar-refractivity contribution in [1.82, 2.24) is 65.5 Å². The Morgan fingerprint density at radius 1 is 0.470 bits per heavy atom. The van der Waals surface area contributed by atoms with Crippen LogP contribution in [0.3, 0.4) is 0 Å². The molecule has 0 saturated heterocycles. The number of halogens is 4. The maximum Gasteiger partial charge on any atom is 0.488 e. The number of carboxylic acids is 1. The van der Waals surface area contributed by atoms with Crippen molar-refractivity contribution in [2.75, 3.05) is 73.7 Å². The number of nitrogens with one attached hydrogen (secondary N) is 4. The molecule has 11 heterocycles. The van der Waals surface area contributed by atoms with Crippen LogP contribution in [0.4, 0.5) is 31.4 Å². The first-order valence-electron chi connectivity index (χ1n) is 43.6. The van der Waals surface area contributed by atoms with Gasteiger partial charge in [-0.3, -0.25) is 25.1 Å². The van der Waals surface area contributed by atoms with Crippen LogP contribution in [0.25, 0.3) is 65.9 Å². The van der Waals surface area contributed by atoms with E-state index in [4.69, 9.17) is 113 Å². The molecule has 1 aliphatic carbocycles. The van der Waals surface area contributed by atoms with Gasteiger partial charge >= 0.3 is 37.3 Å². The molecule has 1 fully saturated rings. The number of aromatic amines is 1. The number of fused-ring (bicyclic) bond motifs is 4. The number of amides is 3. The SMILES string of the molecule is CC(C)(C)OC(=O)NCc1ccc(B(O)O)cc1.COC(=O)c1cc(OC)ncc1N.COc1cc(C(=O)O)c(NC(=O)OC(C)(C)C)cn1.COc1cc2c(-c3ccc(CN)cc3)c(C#N)cnc2cn1.COc1cc2c(-c3ccc(CNC(=O)OC(C)(C)C)cc3)c(C#N)cnc2cn1.COc1cc2c(=O)c(C#N)c[nH]c2cn1.COc1cc2c(Cl)c(C#N)cnc2cn1.COc1ccc(N)cn1.Cl.Cl.O=S(=O)(Cl)C1CC1. The van der Waals surface area contributed by atoms with Crippen molar-refractivity contribution >= 4 is 160 Å². The Hall–Kier alpha value is -16.9. The molecule has 0 unspecified atom stereocenters. The highest BCUT2D eigenvalue weighted by molar-refractivity contribution is 8.14. The monoisotopic (exact) mass is 2140 g/mol. The van der Waals surface area contributed by atoms with Gasteiger partial charge in [-0.2, -0.15) is 21.0 Å². The summed E-state index contributed by atoms with van der Waals surface area (Å²) in [6.45, 7) is 17.1. The van der Waals surface area contributed by atoms with Gasteiger partial charge in [0.1, 0.15) is 46.6 Å². The third-order valence-corrected chi connectivity index (χ3v) is 21.7. The molecule has 3 aromatic carbocycles. The van der Waals surface area contributed by atoms with Crippen molar-refractivity contribution in [3.8, 4) is 87.7 Å². The number of alkyl carbamates (subject to hydrolysis) is 2. The van der Waals surface area contributed by atoms with Gasteiger partial charge in [-0.05, 0) is 115 Å². The lowest BCUT2D eigenvalue weighted by Gasteiger charge is -2.20. The van der Waals surface area contributed by atoms with Crippen LogP contribution in [0.5, 0.6) is 41.2 Å². The van der Waals surface area contributed by atoms with Crippen molar-refractivity contribution in [2.45, 2.75) is 117 Å². The molecule has 13 N–H and O–H groups in total. The molecule has 0 spiro atoms. The fraction of sp³-hybridized carbons (Fsp3) is 0.260. The quantitative estimate of drug-likeness (QED) is 0.0156. The minimum atomic E-state index is -3.16. The lowest BCUT2D eigenvalue weighted by atomic mass is 9.80. The molecule has 15 rings (SSSR count). The molecule has 0 atom stereocenters. The average Bonchev–Trinajstić information content (AvgIpc) is 1.72. The largest absolute Gasteiger partial charge is 0.488 e. The zero-order valence-corrected chi connectivity index (χ0v) is 87.6. The molecule has 0 bridgehead atoms. The lowest BCUT2D eigenvalue weighted by molar-refractivity contribution is 0.0512. The minimum absolute atomic E-state index is 0. The lowest BCUT2D eigenvalue weighted by Crippen LogP contribution is -2.32. The number of nitrogen functional groups attached to an aromatic ring is 2. The number of esters is 1. The number of aromatic nitrogens is 11. The number of aromatic carboxylic acids is 1. The standard InChI is InChI=1S/C22H22N4O3.C17H14N4O.C12H18BNO4.C12H16N2O5.C10H6ClN3O.C10H7N3O2.C8H10N2O3.C6H8N2O.C3H5ClO2S.2ClH/c1-22(2,3)29-21(27)26-11-14-5-7-15(8-6-14)20-16(10-23)12-24-18-13-25-19(28-4)9-17(18)20;1-22-16-6-14-15(10-21-16)20-9-13(8-19)17(14)12-4-2-11(7-18)3-5-12;1-12(2,3)18-11(15)14-8-9-4-6-10(7-5-9)13(16)17;1-12(2,3)19-11(17)14-8-6-13-9(18-4)5-7(8)10(15)16;1-15-9-2-7-8(5-14-9)13-4-6(3-12)10(7)11;1-15-9-2-7-8(5-13-9)12-4-6(3-11)10(7)14;1-12-7-3-5(8(11)13-2)6(9)4-10-7;1-9-6-3-2-5(7)4-8-6;4-7(5,6)3-1-2-3;;/h5-9,12-13H,11H2,1-4H3,(H,26,27);2-6,9-10H,7,18H2,1H3;4-7,16-17H,8H2,1-3H3,(H,14,15);5-6H,1-4H3,(H,14,17)(H,15,16);2,4-5H,1H3;2,4-5H,1H3,(H,12,14);3-4H,9H2,1-2H3;2-4H,7H2,1H3;3H,1-2H2;2*1H. The number of carboxylic acid groups (broad SMARTS) is 1. The normalized spacial score (nSPS) is 10.8. The summed E-state index contributed by atoms with van der Waals surface area (Å²) < 4.78 is 74.9. The van der Waals surface area contributed by atoms with Gasteiger partial charge in [0.25, 0.3) is 0 Å². The van der Waals surface area contributed by atoms with Crippen molar-refractivity contribution < 1.29 is 99.7 Å². The fourth-order valence-corrected chi connectivity index (χ4v) is 13.5. The Bertz CT molecular complexity index is 7320. The van der Waals surface area contributed by atoms with Crippen LogP contribution in [0.2, 0.25) is 5.02 Å². The van der Waals surface area contributed by atoms with E-state index in [2.05, 4.69) is 87.6 Å². The fourth-order valence-electron chi connectivity index (χ4n) is 12.0. The number of nitrogens with zero attached hydrogens (tertiary/aromatic N) is 14. The number of nitrogens with two attached hydrogens (primary N) is 3. The Balaban J connectivity index is 0.000000301. The smallest absolute Gasteiger partial charge is 0.481 e. The third kappa shape index (κ3) is 38.9. The number of hydrogen-bond acceptors (Lipinski definition) is 38. The van der Waals surface area contributed by atoms with Crippen LogP contribution in [-0.4, -0.2) is 195 Å². The Morgan fingerprint density at radius 2 is 0.846 bits per heavy atom. The summed E-state index contributed by atoms with van der Waals surface area (Å²) in [5.74, 6) is 1.10. The summed E-state index contributed by atoms with van der Waals surface area (Å²) in [5, 5.41) is 73.9. The second kappa shape index (κ2) is 58.3. The van der Waals surface area contributed by atoms with Gasteiger partial charge in [0.05, 0.1) is 183 Å². The van der Waals surface area contributed by atoms with Crippen LogP contribution >= 0.6 is 47.1 Å². The predicted octanol–water partition coefficient (Wildman–Crippen LogP) is 15.0. The van der Waals surface area contributed by atoms with E-state index in [1.54, 1.807) is 155 Å². The molecule has 0 radical (unpaired) electrons. The van der Waals surface area contributed by atoms with E-state index in [0.717, 1.165) is 68.1 Å². The summed E-state index contributed by atoms with van der Waals surface area (Å²) in [4.78, 5) is 112. The van der Waals surface area contributed by atoms with Gasteiger partial charge in [0.2, 0.25) is 55.6 Å². The first kappa shape index (κ1) is 123. The van der Waals surface area contributed by atoms with Crippen molar-refractivity contribution in [2.24, 2.45) is 5.73 Å². The van der Waals surface area contributed by atoms with Gasteiger partial charge in [0.15, 0.2) is 0 Å². The van der Waals surface area contributed by atoms with Crippen LogP contribution in [0.15, 0.2) is 194 Å². The van der Waals surface area contributed by atoms with E-state index in [1.165, 1.54) is 84.7 Å². The van der Waals surface area contributed by atoms with Crippen LogP contribution in [0, 0.1) is 45.3 Å². The molecule has 0 aliphatic heterocycles. The number of hydrogen-bond donors (Lipinski definition) is 10. The topological polar surface area (TPSA) is 653 Å². The first-order valence-corrected chi connectivity index (χ1v) is 46.4. The zero-order valence-electron chi connectivity index (χ0n) is 83.7. The van der Waals surface area contributed by atoms with Gasteiger partial charge < -0.3 is 100 Å². The van der Waals surface area contributed by atoms with Gasteiger partial charge in [0, 0.05) is 125 Å². The Kier molecular flexibility index (Phi) is 48.0. The molecule has 1 saturated carbocycles. The predicted molar refractivity (Wildman–Crippen MR) is 564 cm³/mol. The number of benzene rings is 3. The number of H-pyrrole nitrogens is 1. The maximum atomic E-state index is 11.8. The van der Waals surface area contributed by atoms with E-state index < -0.39 is 63.2 Å². The molecular formula is C100H108BCl4N21O22S. The highest BCUT2D eigenvalue weighted by Gasteiger charge is 2.34. The number of ether oxygens (including phenoxy) is 11. The number of pyridine rings is 11. The van der Waals surface area contributed by atoms with Crippen LogP contribution in [-0.2, 0) is 47.6 Å². The van der Waals surface area contributed by atoms with Crippen LogP contribution in [0.1, 0.15) is 135 Å². The number of anilines is 3. The summed E-state index contributed by atoms with van der Waals surface area (Å²) in [5.41, 5.74) is 26.2. The van der Waals surface area contributed by atoms with Crippen molar-refractivity contribution in [3.05, 3.63) is 255 Å². The second-order valence-corrected chi connectivity index (χ2v) is 36.6. The number of rotatable bonds is 19. The summed E-state index contributed by atoms with van der Waals surface area (Å²) >= 11 is 6.02. The van der Waals surface area contributed by atoms with Crippen LogP contribution < -0.4 is 77.2 Å². The Labute approximate surface area is 879 Å². The van der Waals surface area contributed by atoms with Gasteiger partial charge in [-0.25, -0.2) is 67.3 Å². The molecular weight excluding hydrogens is 2030 g/mol. The van der Waals surface area contributed by atoms with E-state index in [9.17, 15) is 47.7 Å². The minimum Gasteiger partial charge on any atom is -0.481 e. The van der Waals surface area contributed by atoms with Gasteiger partial charge in [-0.1, -0.05) is 84.4 Å². The number of carbonyl (C=O) groups excluding carboxylic acids is 4. The summed E-state index contributed by atoms with van der Waals surface area (Å²) in [7, 11) is 12.0. The molecule has 11 aromatic heterocycles. The molecule has 149 heavy (non-hydrogen) atoms. The summed E-state index contributed by atoms with van der Waals surface area (Å²) in [6, 6.07) is 43.1. The van der Waals surface area contributed by atoms with E-state index in [1.807, 2.05) is 81.4 Å². The number of nitriles is 4. The molecule has 49 heteroatoms. The number of methoxy groups -OCH3 is 8. The second-order valence-electron chi connectivity index (χ2n) is 33.3. The van der Waals surface area contributed by atoms with E-state index in [-0.39, 0.29) is 69.4 Å². The van der Waals surface area contributed by atoms with Crippen molar-refractivity contribution in [3.63, 3.8) is 0 Å². The molecule has 1 aliphatic rings. The Morgan fingerprint density at radius 3 is 1.23 bits per heavy atom. The molecule has 3 amide bonds.